The highest BCUT2D eigenvalue weighted by Gasteiger charge is 2.25. The number of benzene rings is 1. The summed E-state index contributed by atoms with van der Waals surface area (Å²) in [5.74, 6) is -2.32. The van der Waals surface area contributed by atoms with Gasteiger partial charge in [0.2, 0.25) is 5.65 Å². The zero-order valence-corrected chi connectivity index (χ0v) is 16.7. The Kier molecular flexibility index (Phi) is 6.14. The van der Waals surface area contributed by atoms with Gasteiger partial charge in [0.15, 0.2) is 0 Å². The number of aromatic nitrogens is 4. The molecule has 9 heteroatoms. The molecule has 1 aromatic carbocycles. The first kappa shape index (κ1) is 20.8. The molecule has 0 amide bonds. The Morgan fingerprint density at radius 1 is 0.897 bits per heavy atom. The molecule has 3 rings (SSSR count). The van der Waals surface area contributed by atoms with Crippen molar-refractivity contribution in [2.75, 3.05) is 23.7 Å². The zero-order chi connectivity index (χ0) is 21.1. The van der Waals surface area contributed by atoms with Crippen molar-refractivity contribution in [1.82, 2.24) is 20.2 Å². The molecule has 0 spiro atoms. The molecule has 0 fully saturated rings. The molecule has 2 N–H and O–H groups in total. The lowest BCUT2D eigenvalue weighted by molar-refractivity contribution is 0.548. The molecule has 0 aliphatic heterocycles. The molecule has 0 saturated heterocycles. The van der Waals surface area contributed by atoms with Crippen molar-refractivity contribution in [2.45, 2.75) is 27.7 Å². The normalized spacial score (nSPS) is 11.5. The van der Waals surface area contributed by atoms with E-state index in [2.05, 4.69) is 30.8 Å². The van der Waals surface area contributed by atoms with Crippen LogP contribution in [0.2, 0.25) is 0 Å². The third-order valence-electron chi connectivity index (χ3n) is 4.17. The number of hydrogen-bond donors (Lipinski definition) is 2. The third-order valence-corrected chi connectivity index (χ3v) is 4.17. The van der Waals surface area contributed by atoms with Crippen molar-refractivity contribution < 1.29 is 13.2 Å². The number of nitrogens with one attached hydrogen (secondary N) is 2. The Balaban J connectivity index is 2.34. The molecule has 0 atom stereocenters. The predicted molar refractivity (Wildman–Crippen MR) is 107 cm³/mol. The van der Waals surface area contributed by atoms with E-state index in [1.807, 2.05) is 27.7 Å². The third kappa shape index (κ3) is 4.55. The van der Waals surface area contributed by atoms with Gasteiger partial charge in [-0.25, -0.2) is 23.1 Å². The van der Waals surface area contributed by atoms with E-state index in [0.717, 1.165) is 0 Å². The molecular weight excluding hydrogens is 381 g/mol. The summed E-state index contributed by atoms with van der Waals surface area (Å²) in [5, 5.41) is 14.1. The van der Waals surface area contributed by atoms with E-state index in [4.69, 9.17) is 0 Å². The van der Waals surface area contributed by atoms with Crippen LogP contribution in [-0.2, 0) is 0 Å². The van der Waals surface area contributed by atoms with Crippen molar-refractivity contribution in [2.24, 2.45) is 11.8 Å². The van der Waals surface area contributed by atoms with E-state index in [-0.39, 0.29) is 34.4 Å². The summed E-state index contributed by atoms with van der Waals surface area (Å²) in [7, 11) is 0. The largest absolute Gasteiger partial charge is 0.382 e. The van der Waals surface area contributed by atoms with E-state index in [9.17, 15) is 13.2 Å². The average Bonchev–Trinajstić information content (AvgIpc) is 2.64. The van der Waals surface area contributed by atoms with Crippen LogP contribution in [0, 0.1) is 29.3 Å². The highest BCUT2D eigenvalue weighted by atomic mass is 19.1. The summed E-state index contributed by atoms with van der Waals surface area (Å²) < 4.78 is 43.0. The molecule has 29 heavy (non-hydrogen) atoms. The molecular formula is C20H23F3N6. The zero-order valence-electron chi connectivity index (χ0n) is 16.7. The number of hydrogen-bond acceptors (Lipinski definition) is 6. The molecule has 2 heterocycles. The fourth-order valence-electron chi connectivity index (χ4n) is 2.85. The number of nitrogens with zero attached hydrogens (tertiary/aromatic N) is 4. The maximum atomic E-state index is 14.7. The van der Waals surface area contributed by atoms with Gasteiger partial charge < -0.3 is 10.6 Å². The van der Waals surface area contributed by atoms with E-state index >= 15 is 0 Å². The quantitative estimate of drug-likeness (QED) is 0.598. The number of rotatable bonds is 7. The summed E-state index contributed by atoms with van der Waals surface area (Å²) in [6, 6.07) is 1.30. The first-order valence-electron chi connectivity index (χ1n) is 9.42. The van der Waals surface area contributed by atoms with Crippen LogP contribution in [0.25, 0.3) is 22.3 Å². The second-order valence-electron chi connectivity index (χ2n) is 7.64. The number of fused-ring (bicyclic) bond motifs is 1. The highest BCUT2D eigenvalue weighted by Crippen LogP contribution is 2.40. The minimum atomic E-state index is -1.02. The van der Waals surface area contributed by atoms with Crippen LogP contribution in [0.5, 0.6) is 0 Å². The molecule has 0 saturated carbocycles. The Morgan fingerprint density at radius 3 is 2.14 bits per heavy atom. The molecule has 0 bridgehead atoms. The van der Waals surface area contributed by atoms with Crippen LogP contribution < -0.4 is 10.6 Å². The highest BCUT2D eigenvalue weighted by molar-refractivity contribution is 6.00. The minimum absolute atomic E-state index is 0.148. The molecule has 6 nitrogen and oxygen atoms in total. The Morgan fingerprint density at radius 2 is 1.52 bits per heavy atom. The van der Waals surface area contributed by atoms with Gasteiger partial charge in [0.05, 0.1) is 16.8 Å². The fourth-order valence-corrected chi connectivity index (χ4v) is 2.85. The predicted octanol–water partition coefficient (Wildman–Crippen LogP) is 4.64. The molecule has 0 unspecified atom stereocenters. The maximum absolute atomic E-state index is 14.7. The summed E-state index contributed by atoms with van der Waals surface area (Å²) in [4.78, 5) is 8.61. The van der Waals surface area contributed by atoms with Gasteiger partial charge in [-0.15, -0.1) is 10.2 Å². The van der Waals surface area contributed by atoms with E-state index in [1.54, 1.807) is 0 Å². The van der Waals surface area contributed by atoms with Crippen LogP contribution in [-0.4, -0.2) is 33.3 Å². The first-order chi connectivity index (χ1) is 13.8. The molecule has 154 valence electrons. The van der Waals surface area contributed by atoms with Crippen LogP contribution in [0.1, 0.15) is 27.7 Å². The number of pyridine rings is 1. The van der Waals surface area contributed by atoms with Gasteiger partial charge >= 0.3 is 0 Å². The summed E-state index contributed by atoms with van der Waals surface area (Å²) in [6.07, 6.45) is 1.24. The van der Waals surface area contributed by atoms with Gasteiger partial charge in [0.25, 0.3) is 0 Å². The van der Waals surface area contributed by atoms with E-state index in [1.165, 1.54) is 6.33 Å². The van der Waals surface area contributed by atoms with Crippen LogP contribution in [0.3, 0.4) is 0 Å². The van der Waals surface area contributed by atoms with Crippen molar-refractivity contribution in [3.8, 4) is 11.1 Å². The minimum Gasteiger partial charge on any atom is -0.382 e. The second-order valence-corrected chi connectivity index (χ2v) is 7.64. The van der Waals surface area contributed by atoms with Gasteiger partial charge in [-0.05, 0) is 11.8 Å². The van der Waals surface area contributed by atoms with Crippen molar-refractivity contribution in [3.63, 3.8) is 0 Å². The summed E-state index contributed by atoms with van der Waals surface area (Å²) >= 11 is 0. The molecule has 0 radical (unpaired) electrons. The lowest BCUT2D eigenvalue weighted by Gasteiger charge is -2.20. The van der Waals surface area contributed by atoms with E-state index < -0.39 is 17.5 Å². The second kappa shape index (κ2) is 8.59. The fraction of sp³-hybridized carbons (Fsp3) is 0.400. The number of halogens is 3. The summed E-state index contributed by atoms with van der Waals surface area (Å²) in [6.45, 7) is 9.01. The maximum Gasteiger partial charge on any atom is 0.204 e. The SMILES string of the molecule is CC(C)CNc1nc2nncnc2c(NCC(C)C)c1-c1c(F)cc(F)cc1F. The van der Waals surface area contributed by atoms with Gasteiger partial charge in [0, 0.05) is 25.2 Å². The van der Waals surface area contributed by atoms with Gasteiger partial charge in [0.1, 0.15) is 35.1 Å². The topological polar surface area (TPSA) is 75.6 Å². The molecule has 3 aromatic rings. The van der Waals surface area contributed by atoms with Gasteiger partial charge in [-0.3, -0.25) is 0 Å². The Hall–Kier alpha value is -2.97. The smallest absolute Gasteiger partial charge is 0.204 e. The standard InChI is InChI=1S/C20H23F3N6/c1-10(2)7-24-17-16(15-13(22)5-12(21)6-14(15)23)19(25-8-11(3)4)28-20-18(17)26-9-27-29-20/h5-6,9-11H,7-8H2,1-4H3,(H2,24,25,28,29). The summed E-state index contributed by atoms with van der Waals surface area (Å²) in [5.41, 5.74) is 0.700. The first-order valence-corrected chi connectivity index (χ1v) is 9.42. The van der Waals surface area contributed by atoms with Crippen molar-refractivity contribution in [1.29, 1.82) is 0 Å². The van der Waals surface area contributed by atoms with E-state index in [0.29, 0.717) is 36.4 Å². The van der Waals surface area contributed by atoms with Crippen LogP contribution in [0.4, 0.5) is 24.7 Å². The lowest BCUT2D eigenvalue weighted by atomic mass is 10.0. The Bertz CT molecular complexity index is 1000. The Labute approximate surface area is 167 Å². The number of anilines is 2. The molecule has 0 aliphatic rings. The molecule has 2 aromatic heterocycles. The average molecular weight is 404 g/mol. The van der Waals surface area contributed by atoms with Crippen LogP contribution >= 0.6 is 0 Å². The van der Waals surface area contributed by atoms with Gasteiger partial charge in [-0.1, -0.05) is 27.7 Å². The monoisotopic (exact) mass is 404 g/mol. The van der Waals surface area contributed by atoms with Gasteiger partial charge in [-0.2, -0.15) is 0 Å². The van der Waals surface area contributed by atoms with Crippen molar-refractivity contribution >= 4 is 22.7 Å². The van der Waals surface area contributed by atoms with Crippen molar-refractivity contribution in [3.05, 3.63) is 35.9 Å². The lowest BCUT2D eigenvalue weighted by Crippen LogP contribution is -2.15. The molecule has 0 aliphatic carbocycles. The van der Waals surface area contributed by atoms with Crippen LogP contribution in [0.15, 0.2) is 18.5 Å².